The number of piperidine rings is 1. The Bertz CT molecular complexity index is 231. The highest BCUT2D eigenvalue weighted by molar-refractivity contribution is 5.66. The van der Waals surface area contributed by atoms with E-state index in [1.54, 1.807) is 0 Å². The molecule has 1 saturated heterocycles. The van der Waals surface area contributed by atoms with E-state index >= 15 is 0 Å². The van der Waals surface area contributed by atoms with Gasteiger partial charge >= 0.3 is 5.97 Å². The molecule has 0 aromatic carbocycles. The molecule has 4 nitrogen and oxygen atoms in total. The fourth-order valence-electron chi connectivity index (χ4n) is 2.12. The first kappa shape index (κ1) is 13.2. The monoisotopic (exact) mass is 226 g/mol. The van der Waals surface area contributed by atoms with Crippen LogP contribution >= 0.6 is 0 Å². The summed E-state index contributed by atoms with van der Waals surface area (Å²) in [5, 5.41) is 11.9. The van der Waals surface area contributed by atoms with Crippen molar-refractivity contribution in [2.75, 3.05) is 26.2 Å². The Balaban J connectivity index is 2.11. The standard InChI is InChI=1S/C12H22N2O2/c1-2-8-14-9-4-5-11(10-14)13-7-3-6-12(15)16/h2,11,13H,1,3-10H2,(H,15,16). The largest absolute Gasteiger partial charge is 0.481 e. The lowest BCUT2D eigenvalue weighted by Crippen LogP contribution is -2.45. The van der Waals surface area contributed by atoms with Gasteiger partial charge in [-0.3, -0.25) is 9.69 Å². The molecule has 1 unspecified atom stereocenters. The lowest BCUT2D eigenvalue weighted by molar-refractivity contribution is -0.137. The van der Waals surface area contributed by atoms with Crippen molar-refractivity contribution in [2.45, 2.75) is 31.7 Å². The fraction of sp³-hybridized carbons (Fsp3) is 0.750. The average molecular weight is 226 g/mol. The zero-order chi connectivity index (χ0) is 11.8. The van der Waals surface area contributed by atoms with E-state index in [2.05, 4.69) is 16.8 Å². The Kier molecular flexibility index (Phi) is 6.11. The number of nitrogens with zero attached hydrogens (tertiary/aromatic N) is 1. The topological polar surface area (TPSA) is 52.6 Å². The number of rotatable bonds is 7. The summed E-state index contributed by atoms with van der Waals surface area (Å²) in [5.74, 6) is -0.710. The van der Waals surface area contributed by atoms with Gasteiger partial charge < -0.3 is 10.4 Å². The van der Waals surface area contributed by atoms with Gasteiger partial charge in [-0.25, -0.2) is 0 Å². The molecule has 4 heteroatoms. The van der Waals surface area contributed by atoms with Gasteiger partial charge in [-0.05, 0) is 32.4 Å². The van der Waals surface area contributed by atoms with Crippen LogP contribution < -0.4 is 5.32 Å². The molecular formula is C12H22N2O2. The summed E-state index contributed by atoms with van der Waals surface area (Å²) < 4.78 is 0. The first-order valence-corrected chi connectivity index (χ1v) is 6.01. The van der Waals surface area contributed by atoms with Crippen LogP contribution in [0.25, 0.3) is 0 Å². The summed E-state index contributed by atoms with van der Waals surface area (Å²) in [6.45, 7) is 7.71. The van der Waals surface area contributed by atoms with Gasteiger partial charge in [0.1, 0.15) is 0 Å². The summed E-state index contributed by atoms with van der Waals surface area (Å²) in [4.78, 5) is 12.7. The maximum atomic E-state index is 10.3. The highest BCUT2D eigenvalue weighted by Crippen LogP contribution is 2.09. The molecule has 0 aromatic heterocycles. The van der Waals surface area contributed by atoms with Crippen molar-refractivity contribution >= 4 is 5.97 Å². The second-order valence-corrected chi connectivity index (χ2v) is 4.34. The van der Waals surface area contributed by atoms with Gasteiger partial charge in [0.2, 0.25) is 0 Å². The van der Waals surface area contributed by atoms with Gasteiger partial charge in [0.25, 0.3) is 0 Å². The number of carbonyl (C=O) groups is 1. The summed E-state index contributed by atoms with van der Waals surface area (Å²) in [5.41, 5.74) is 0. The third kappa shape index (κ3) is 5.28. The molecule has 0 spiro atoms. The molecule has 0 amide bonds. The Morgan fingerprint density at radius 3 is 3.12 bits per heavy atom. The molecule has 2 N–H and O–H groups in total. The summed E-state index contributed by atoms with van der Waals surface area (Å²) in [6, 6.07) is 0.516. The van der Waals surface area contributed by atoms with Gasteiger partial charge in [0.05, 0.1) is 0 Å². The lowest BCUT2D eigenvalue weighted by atomic mass is 10.1. The SMILES string of the molecule is C=CCN1CCCC(NCCCC(=O)O)C1. The van der Waals surface area contributed by atoms with Crippen molar-refractivity contribution in [3.05, 3.63) is 12.7 Å². The summed E-state index contributed by atoms with van der Waals surface area (Å²) >= 11 is 0. The molecule has 0 aromatic rings. The predicted molar refractivity (Wildman–Crippen MR) is 64.5 cm³/mol. The van der Waals surface area contributed by atoms with Crippen LogP contribution in [0, 0.1) is 0 Å². The Labute approximate surface area is 97.3 Å². The van der Waals surface area contributed by atoms with Crippen LogP contribution in [-0.4, -0.2) is 48.2 Å². The minimum atomic E-state index is -0.710. The molecular weight excluding hydrogens is 204 g/mol. The second-order valence-electron chi connectivity index (χ2n) is 4.34. The third-order valence-electron chi connectivity index (χ3n) is 2.89. The molecule has 1 aliphatic heterocycles. The molecule has 16 heavy (non-hydrogen) atoms. The van der Waals surface area contributed by atoms with E-state index in [1.165, 1.54) is 12.8 Å². The van der Waals surface area contributed by atoms with Crippen LogP contribution in [0.15, 0.2) is 12.7 Å². The fourth-order valence-corrected chi connectivity index (χ4v) is 2.12. The molecule has 1 atom stereocenters. The molecule has 0 radical (unpaired) electrons. The predicted octanol–water partition coefficient (Wildman–Crippen LogP) is 1.09. The van der Waals surface area contributed by atoms with Crippen molar-refractivity contribution in [3.63, 3.8) is 0 Å². The van der Waals surface area contributed by atoms with Crippen LogP contribution in [0.5, 0.6) is 0 Å². The van der Waals surface area contributed by atoms with Crippen LogP contribution in [0.4, 0.5) is 0 Å². The number of likely N-dealkylation sites (tertiary alicyclic amines) is 1. The van der Waals surface area contributed by atoms with Gasteiger partial charge in [-0.2, -0.15) is 0 Å². The normalized spacial score (nSPS) is 21.9. The molecule has 92 valence electrons. The Hall–Kier alpha value is -0.870. The maximum absolute atomic E-state index is 10.3. The maximum Gasteiger partial charge on any atom is 0.303 e. The second kappa shape index (κ2) is 7.41. The first-order chi connectivity index (χ1) is 7.72. The summed E-state index contributed by atoms with van der Waals surface area (Å²) in [7, 11) is 0. The first-order valence-electron chi connectivity index (χ1n) is 6.01. The van der Waals surface area contributed by atoms with Gasteiger partial charge in [0, 0.05) is 25.6 Å². The van der Waals surface area contributed by atoms with Crippen molar-refractivity contribution in [3.8, 4) is 0 Å². The van der Waals surface area contributed by atoms with E-state index in [1.807, 2.05) is 6.08 Å². The molecule has 0 bridgehead atoms. The van der Waals surface area contributed by atoms with E-state index in [-0.39, 0.29) is 6.42 Å². The molecule has 1 aliphatic rings. The van der Waals surface area contributed by atoms with Gasteiger partial charge in [-0.15, -0.1) is 6.58 Å². The van der Waals surface area contributed by atoms with E-state index in [4.69, 9.17) is 5.11 Å². The smallest absolute Gasteiger partial charge is 0.303 e. The molecule has 1 fully saturated rings. The quantitative estimate of drug-likeness (QED) is 0.504. The number of carboxylic acid groups (broad SMARTS) is 1. The van der Waals surface area contributed by atoms with Crippen LogP contribution in [0.2, 0.25) is 0 Å². The van der Waals surface area contributed by atoms with E-state index < -0.39 is 5.97 Å². The lowest BCUT2D eigenvalue weighted by Gasteiger charge is -2.32. The van der Waals surface area contributed by atoms with Crippen molar-refractivity contribution in [1.82, 2.24) is 10.2 Å². The Morgan fingerprint density at radius 2 is 2.44 bits per heavy atom. The molecule has 0 saturated carbocycles. The molecule has 1 rings (SSSR count). The number of hydrogen-bond acceptors (Lipinski definition) is 3. The molecule has 1 heterocycles. The summed E-state index contributed by atoms with van der Waals surface area (Å²) in [6.07, 6.45) is 5.32. The van der Waals surface area contributed by atoms with Gasteiger partial charge in [0.15, 0.2) is 0 Å². The van der Waals surface area contributed by atoms with Crippen molar-refractivity contribution in [2.24, 2.45) is 0 Å². The van der Waals surface area contributed by atoms with Crippen LogP contribution in [0.1, 0.15) is 25.7 Å². The molecule has 0 aliphatic carbocycles. The van der Waals surface area contributed by atoms with E-state index in [9.17, 15) is 4.79 Å². The van der Waals surface area contributed by atoms with Crippen molar-refractivity contribution < 1.29 is 9.90 Å². The number of aliphatic carboxylic acids is 1. The van der Waals surface area contributed by atoms with Crippen molar-refractivity contribution in [1.29, 1.82) is 0 Å². The van der Waals surface area contributed by atoms with Crippen LogP contribution in [0.3, 0.4) is 0 Å². The zero-order valence-electron chi connectivity index (χ0n) is 9.82. The highest BCUT2D eigenvalue weighted by atomic mass is 16.4. The van der Waals surface area contributed by atoms with E-state index in [0.29, 0.717) is 12.5 Å². The zero-order valence-corrected chi connectivity index (χ0v) is 9.82. The van der Waals surface area contributed by atoms with E-state index in [0.717, 1.165) is 26.2 Å². The Morgan fingerprint density at radius 1 is 1.62 bits per heavy atom. The number of hydrogen-bond donors (Lipinski definition) is 2. The minimum Gasteiger partial charge on any atom is -0.481 e. The number of carboxylic acids is 1. The third-order valence-corrected chi connectivity index (χ3v) is 2.89. The average Bonchev–Trinajstić information content (AvgIpc) is 2.25. The van der Waals surface area contributed by atoms with Gasteiger partial charge in [-0.1, -0.05) is 6.08 Å². The highest BCUT2D eigenvalue weighted by Gasteiger charge is 2.17. The number of nitrogens with one attached hydrogen (secondary N) is 1. The van der Waals surface area contributed by atoms with Crippen LogP contribution in [-0.2, 0) is 4.79 Å². The minimum absolute atomic E-state index is 0.260.